The molecule has 0 aliphatic carbocycles. The lowest BCUT2D eigenvalue weighted by atomic mass is 9.90. The molecule has 138 valence electrons. The first-order chi connectivity index (χ1) is 11.5. The number of benzene rings is 1. The van der Waals surface area contributed by atoms with Gasteiger partial charge in [0.05, 0.1) is 12.0 Å². The van der Waals surface area contributed by atoms with Crippen LogP contribution in [0.1, 0.15) is 39.7 Å². The third-order valence-electron chi connectivity index (χ3n) is 4.77. The van der Waals surface area contributed by atoms with Crippen molar-refractivity contribution in [3.8, 4) is 0 Å². The molecule has 1 N–H and O–H groups in total. The highest BCUT2D eigenvalue weighted by molar-refractivity contribution is 5.79. The molecule has 1 aliphatic rings. The van der Waals surface area contributed by atoms with Crippen LogP contribution >= 0.6 is 0 Å². The number of rotatable bonds is 5. The number of amides is 1. The maximum absolute atomic E-state index is 13.4. The van der Waals surface area contributed by atoms with Crippen molar-refractivity contribution in [2.75, 3.05) is 19.6 Å². The van der Waals surface area contributed by atoms with Gasteiger partial charge < -0.3 is 10.0 Å². The summed E-state index contributed by atoms with van der Waals surface area (Å²) < 4.78 is 13.4. The third kappa shape index (κ3) is 4.78. The molecule has 1 atom stereocenters. The molecule has 0 bridgehead atoms. The van der Waals surface area contributed by atoms with Crippen LogP contribution in [0.15, 0.2) is 24.3 Å². The Kier molecular flexibility index (Phi) is 5.52. The lowest BCUT2D eigenvalue weighted by Crippen LogP contribution is -2.49. The number of aliphatic carboxylic acids is 1. The van der Waals surface area contributed by atoms with Gasteiger partial charge in [0.2, 0.25) is 5.91 Å². The van der Waals surface area contributed by atoms with Crippen LogP contribution in [0, 0.1) is 11.2 Å². The van der Waals surface area contributed by atoms with E-state index in [0.717, 1.165) is 5.56 Å². The molecule has 0 saturated carbocycles. The number of carboxylic acids is 1. The number of hydrogen-bond acceptors (Lipinski definition) is 3. The van der Waals surface area contributed by atoms with Gasteiger partial charge in [-0.05, 0) is 58.4 Å². The Hall–Kier alpha value is -1.95. The molecule has 1 fully saturated rings. The van der Waals surface area contributed by atoms with Crippen molar-refractivity contribution >= 4 is 11.9 Å². The summed E-state index contributed by atoms with van der Waals surface area (Å²) in [6, 6.07) is 6.24. The molecule has 2 rings (SSSR count). The highest BCUT2D eigenvalue weighted by Crippen LogP contribution is 2.30. The van der Waals surface area contributed by atoms with Gasteiger partial charge in [-0.25, -0.2) is 4.39 Å². The van der Waals surface area contributed by atoms with Gasteiger partial charge in [-0.3, -0.25) is 14.5 Å². The van der Waals surface area contributed by atoms with Crippen molar-refractivity contribution in [2.45, 2.75) is 46.2 Å². The fraction of sp³-hybridized carbons (Fsp3) is 0.579. The minimum atomic E-state index is -0.824. The first kappa shape index (κ1) is 19.4. The summed E-state index contributed by atoms with van der Waals surface area (Å²) in [4.78, 5) is 27.8. The van der Waals surface area contributed by atoms with Crippen molar-refractivity contribution in [1.29, 1.82) is 0 Å². The lowest BCUT2D eigenvalue weighted by molar-refractivity contribution is -0.147. The number of carbonyl (C=O) groups excluding carboxylic acids is 1. The Morgan fingerprint density at radius 3 is 2.56 bits per heavy atom. The van der Waals surface area contributed by atoms with Crippen LogP contribution in [-0.2, 0) is 16.1 Å². The molecule has 0 spiro atoms. The van der Waals surface area contributed by atoms with Gasteiger partial charge in [0.25, 0.3) is 0 Å². The van der Waals surface area contributed by atoms with Crippen LogP contribution in [0.5, 0.6) is 0 Å². The van der Waals surface area contributed by atoms with E-state index in [0.29, 0.717) is 26.1 Å². The second-order valence-electron chi connectivity index (χ2n) is 8.11. The Labute approximate surface area is 148 Å². The summed E-state index contributed by atoms with van der Waals surface area (Å²) in [5.41, 5.74) is -0.477. The quantitative estimate of drug-likeness (QED) is 0.887. The highest BCUT2D eigenvalue weighted by atomic mass is 19.1. The van der Waals surface area contributed by atoms with Gasteiger partial charge in [0.15, 0.2) is 0 Å². The standard InChI is InChI=1S/C19H27FN2O3/c1-18(2,3)22(11-14-6-5-7-15(20)10-14)16(23)12-21-9-8-19(4,13-21)17(24)25/h5-7,10H,8-9,11-13H2,1-4H3,(H,24,25). The van der Waals surface area contributed by atoms with Gasteiger partial charge in [0.1, 0.15) is 5.82 Å². The third-order valence-corrected chi connectivity index (χ3v) is 4.77. The number of carboxylic acid groups (broad SMARTS) is 1. The van der Waals surface area contributed by atoms with E-state index in [1.807, 2.05) is 25.7 Å². The maximum atomic E-state index is 13.4. The lowest BCUT2D eigenvalue weighted by Gasteiger charge is -2.37. The summed E-state index contributed by atoms with van der Waals surface area (Å²) >= 11 is 0. The molecule has 1 aliphatic heterocycles. The van der Waals surface area contributed by atoms with Crippen molar-refractivity contribution in [2.24, 2.45) is 5.41 Å². The van der Waals surface area contributed by atoms with Crippen LogP contribution in [-0.4, -0.2) is 52.0 Å². The van der Waals surface area contributed by atoms with E-state index in [9.17, 15) is 19.1 Å². The van der Waals surface area contributed by atoms with Crippen LogP contribution in [0.25, 0.3) is 0 Å². The second kappa shape index (κ2) is 7.12. The number of carbonyl (C=O) groups is 2. The van der Waals surface area contributed by atoms with Gasteiger partial charge in [-0.15, -0.1) is 0 Å². The number of halogens is 1. The molecule has 5 nitrogen and oxygen atoms in total. The number of nitrogens with zero attached hydrogens (tertiary/aromatic N) is 2. The second-order valence-corrected chi connectivity index (χ2v) is 8.11. The maximum Gasteiger partial charge on any atom is 0.310 e. The van der Waals surface area contributed by atoms with Crippen LogP contribution in [0.2, 0.25) is 0 Å². The molecule has 1 heterocycles. The van der Waals surface area contributed by atoms with E-state index in [2.05, 4.69) is 0 Å². The monoisotopic (exact) mass is 350 g/mol. The Balaban J connectivity index is 2.08. The average Bonchev–Trinajstić information content (AvgIpc) is 2.86. The summed E-state index contributed by atoms with van der Waals surface area (Å²) in [7, 11) is 0. The summed E-state index contributed by atoms with van der Waals surface area (Å²) in [6.07, 6.45) is 0.537. The minimum absolute atomic E-state index is 0.0774. The number of hydrogen-bond donors (Lipinski definition) is 1. The molecule has 0 radical (unpaired) electrons. The predicted octanol–water partition coefficient (Wildman–Crippen LogP) is 2.75. The fourth-order valence-electron chi connectivity index (χ4n) is 3.16. The molecular weight excluding hydrogens is 323 g/mol. The van der Waals surface area contributed by atoms with Gasteiger partial charge in [-0.2, -0.15) is 0 Å². The van der Waals surface area contributed by atoms with Crippen molar-refractivity contribution in [3.63, 3.8) is 0 Å². The van der Waals surface area contributed by atoms with Crippen molar-refractivity contribution in [3.05, 3.63) is 35.6 Å². The molecule has 25 heavy (non-hydrogen) atoms. The summed E-state index contributed by atoms with van der Waals surface area (Å²) in [5.74, 6) is -1.23. The molecule has 1 aromatic carbocycles. The molecule has 1 unspecified atom stereocenters. The largest absolute Gasteiger partial charge is 0.481 e. The van der Waals surface area contributed by atoms with E-state index >= 15 is 0 Å². The van der Waals surface area contributed by atoms with Crippen LogP contribution in [0.3, 0.4) is 0 Å². The van der Waals surface area contributed by atoms with Crippen molar-refractivity contribution in [1.82, 2.24) is 9.80 Å². The van der Waals surface area contributed by atoms with E-state index in [1.54, 1.807) is 24.0 Å². The molecule has 1 amide bonds. The highest BCUT2D eigenvalue weighted by Gasteiger charge is 2.41. The first-order valence-electron chi connectivity index (χ1n) is 8.52. The van der Waals surface area contributed by atoms with E-state index in [4.69, 9.17) is 0 Å². The predicted molar refractivity (Wildman–Crippen MR) is 93.5 cm³/mol. The van der Waals surface area contributed by atoms with E-state index in [-0.39, 0.29) is 18.3 Å². The smallest absolute Gasteiger partial charge is 0.310 e. The normalized spacial score (nSPS) is 21.3. The Morgan fingerprint density at radius 1 is 1.36 bits per heavy atom. The molecule has 1 saturated heterocycles. The Morgan fingerprint density at radius 2 is 2.04 bits per heavy atom. The molecule has 0 aromatic heterocycles. The first-order valence-corrected chi connectivity index (χ1v) is 8.52. The average molecular weight is 350 g/mol. The zero-order valence-corrected chi connectivity index (χ0v) is 15.4. The van der Waals surface area contributed by atoms with Gasteiger partial charge in [0, 0.05) is 18.6 Å². The molecular formula is C19H27FN2O3. The fourth-order valence-corrected chi connectivity index (χ4v) is 3.16. The Bertz CT molecular complexity index is 656. The minimum Gasteiger partial charge on any atom is -0.481 e. The van der Waals surface area contributed by atoms with Gasteiger partial charge >= 0.3 is 5.97 Å². The number of likely N-dealkylation sites (tertiary alicyclic amines) is 1. The molecule has 1 aromatic rings. The topological polar surface area (TPSA) is 60.9 Å². The van der Waals surface area contributed by atoms with E-state index < -0.39 is 16.9 Å². The van der Waals surface area contributed by atoms with Crippen molar-refractivity contribution < 1.29 is 19.1 Å². The summed E-state index contributed by atoms with van der Waals surface area (Å²) in [6.45, 7) is 8.99. The zero-order chi connectivity index (χ0) is 18.8. The molecule has 6 heteroatoms. The van der Waals surface area contributed by atoms with Crippen LogP contribution < -0.4 is 0 Å². The van der Waals surface area contributed by atoms with Gasteiger partial charge in [-0.1, -0.05) is 12.1 Å². The SMILES string of the molecule is CC1(C(=O)O)CCN(CC(=O)N(Cc2cccc(F)c2)C(C)(C)C)C1. The van der Waals surface area contributed by atoms with Crippen LogP contribution in [0.4, 0.5) is 4.39 Å². The zero-order valence-electron chi connectivity index (χ0n) is 15.4. The van der Waals surface area contributed by atoms with E-state index in [1.165, 1.54) is 12.1 Å². The summed E-state index contributed by atoms with van der Waals surface area (Å²) in [5, 5.41) is 9.33.